The average molecular weight is 202 g/mol. The lowest BCUT2D eigenvalue weighted by molar-refractivity contribution is 0.212. The third-order valence-electron chi connectivity index (χ3n) is 0.609. The molecule has 5 nitrogen and oxygen atoms in total. The third-order valence-corrected chi connectivity index (χ3v) is 2.66. The van der Waals surface area contributed by atoms with Gasteiger partial charge in [-0.3, -0.25) is 0 Å². The summed E-state index contributed by atoms with van der Waals surface area (Å²) in [5, 5.41) is 0. The van der Waals surface area contributed by atoms with E-state index in [1.165, 1.54) is 0 Å². The van der Waals surface area contributed by atoms with Crippen LogP contribution in [0.5, 0.6) is 0 Å². The summed E-state index contributed by atoms with van der Waals surface area (Å²) < 4.78 is 14.3. The molecule has 0 aliphatic heterocycles. The van der Waals surface area contributed by atoms with Gasteiger partial charge in [0.15, 0.2) is 0 Å². The molecular weight excluding hydrogens is 190 g/mol. The Morgan fingerprint density at radius 2 is 1.55 bits per heavy atom. The Labute approximate surface area is 68.3 Å². The summed E-state index contributed by atoms with van der Waals surface area (Å²) >= 11 is 0. The maximum absolute atomic E-state index is 8.43. The van der Waals surface area contributed by atoms with Gasteiger partial charge in [-0.1, -0.05) is 0 Å². The van der Waals surface area contributed by atoms with Crippen molar-refractivity contribution >= 4 is 17.2 Å². The van der Waals surface area contributed by atoms with Gasteiger partial charge in [-0.15, -0.1) is 0 Å². The first-order valence-corrected chi connectivity index (χ1v) is 5.38. The molecule has 0 aliphatic rings. The smallest absolute Gasteiger partial charge is 0.328 e. The summed E-state index contributed by atoms with van der Waals surface area (Å²) in [6, 6.07) is 0. The fraction of sp³-hybridized carbons (Fsp3) is 1.00. The van der Waals surface area contributed by atoms with Crippen molar-refractivity contribution in [2.75, 3.05) is 13.2 Å². The zero-order valence-electron chi connectivity index (χ0n) is 6.43. The van der Waals surface area contributed by atoms with Gasteiger partial charge in [0.25, 0.3) is 0 Å². The molecule has 11 heavy (non-hydrogen) atoms. The van der Waals surface area contributed by atoms with E-state index in [1.807, 2.05) is 0 Å². The lowest BCUT2D eigenvalue weighted by atomic mass is 10.9. The second-order valence-corrected chi connectivity index (χ2v) is 3.52. The Morgan fingerprint density at radius 1 is 1.09 bits per heavy atom. The molecule has 0 atom stereocenters. The quantitative estimate of drug-likeness (QED) is 0.639. The topological polar surface area (TPSA) is 68.2 Å². The number of hydrogen-bond acceptors (Lipinski definition) is 5. The monoisotopic (exact) mass is 202 g/mol. The molecule has 0 fully saturated rings. The summed E-state index contributed by atoms with van der Waals surface area (Å²) in [5.41, 5.74) is 0. The highest BCUT2D eigenvalue weighted by Crippen LogP contribution is 2.49. The van der Waals surface area contributed by atoms with Crippen LogP contribution in [0.3, 0.4) is 0 Å². The number of rotatable bonds is 6. The van der Waals surface area contributed by atoms with E-state index in [0.29, 0.717) is 13.2 Å². The Kier molecular flexibility index (Phi) is 7.76. The van der Waals surface area contributed by atoms with Crippen LogP contribution in [-0.2, 0) is 13.4 Å². The zero-order valence-corrected chi connectivity index (χ0v) is 8.22. The van der Waals surface area contributed by atoms with Crippen molar-refractivity contribution in [1.29, 1.82) is 0 Å². The third kappa shape index (κ3) is 7.04. The van der Waals surface area contributed by atoms with E-state index >= 15 is 0 Å². The molecule has 0 aromatic carbocycles. The average Bonchev–Trinajstić information content (AvgIpc) is 1.87. The van der Waals surface area contributed by atoms with Gasteiger partial charge < -0.3 is 18.8 Å². The molecule has 0 amide bonds. The van der Waals surface area contributed by atoms with Crippen molar-refractivity contribution in [1.82, 2.24) is 0 Å². The van der Waals surface area contributed by atoms with E-state index in [0.717, 1.165) is 0 Å². The van der Waals surface area contributed by atoms with Crippen LogP contribution in [0.2, 0.25) is 0 Å². The molecule has 7 heteroatoms. The van der Waals surface area contributed by atoms with Gasteiger partial charge in [0.1, 0.15) is 0 Å². The minimum Gasteiger partial charge on any atom is -0.328 e. The minimum absolute atomic E-state index is 0.425. The summed E-state index contributed by atoms with van der Waals surface area (Å²) in [5.74, 6) is 0. The van der Waals surface area contributed by atoms with E-state index in [4.69, 9.17) is 18.8 Å². The van der Waals surface area contributed by atoms with Crippen LogP contribution in [0.25, 0.3) is 0 Å². The first-order valence-electron chi connectivity index (χ1n) is 3.12. The fourth-order valence-corrected chi connectivity index (χ4v) is 1.71. The van der Waals surface area contributed by atoms with Crippen molar-refractivity contribution in [3.63, 3.8) is 0 Å². The van der Waals surface area contributed by atoms with Crippen LogP contribution in [0.4, 0.5) is 0 Å². The highest BCUT2D eigenvalue weighted by atomic mass is 31.2. The Bertz CT molecular complexity index is 84.6. The molecule has 0 saturated heterocycles. The van der Waals surface area contributed by atoms with Gasteiger partial charge in [0.2, 0.25) is 0 Å². The van der Waals surface area contributed by atoms with Crippen LogP contribution in [0, 0.1) is 0 Å². The second kappa shape index (κ2) is 7.32. The van der Waals surface area contributed by atoms with Gasteiger partial charge in [-0.25, -0.2) is 4.31 Å². The summed E-state index contributed by atoms with van der Waals surface area (Å²) in [4.78, 5) is 16.9. The molecule has 0 aromatic rings. The molecule has 0 saturated carbocycles. The predicted molar refractivity (Wildman–Crippen MR) is 42.6 cm³/mol. The molecule has 0 bridgehead atoms. The van der Waals surface area contributed by atoms with Crippen molar-refractivity contribution in [3.05, 3.63) is 0 Å². The largest absolute Gasteiger partial charge is 0.339 e. The van der Waals surface area contributed by atoms with Crippen molar-refractivity contribution in [2.24, 2.45) is 0 Å². The lowest BCUT2D eigenvalue weighted by Crippen LogP contribution is -1.91. The van der Waals surface area contributed by atoms with Crippen LogP contribution in [-0.4, -0.2) is 23.0 Å². The van der Waals surface area contributed by atoms with E-state index in [9.17, 15) is 0 Å². The van der Waals surface area contributed by atoms with Crippen molar-refractivity contribution in [3.8, 4) is 0 Å². The highest BCUT2D eigenvalue weighted by Gasteiger charge is 2.15. The summed E-state index contributed by atoms with van der Waals surface area (Å²) in [7, 11) is -3.96. The Balaban J connectivity index is 3.50. The first-order chi connectivity index (χ1) is 5.20. The summed E-state index contributed by atoms with van der Waals surface area (Å²) in [6.45, 7) is 4.40. The molecule has 0 aliphatic carbocycles. The molecule has 2 N–H and O–H groups in total. The first kappa shape index (κ1) is 11.7. The van der Waals surface area contributed by atoms with E-state index in [1.54, 1.807) is 13.8 Å². The van der Waals surface area contributed by atoms with Crippen LogP contribution >= 0.6 is 17.2 Å². The Hall–Kier alpha value is 0.660. The van der Waals surface area contributed by atoms with E-state index in [2.05, 4.69) is 4.31 Å². The Morgan fingerprint density at radius 3 is 1.82 bits per heavy atom. The van der Waals surface area contributed by atoms with Crippen LogP contribution < -0.4 is 0 Å². The van der Waals surface area contributed by atoms with Crippen molar-refractivity contribution < 1.29 is 23.1 Å². The molecule has 0 aromatic heterocycles. The summed E-state index contributed by atoms with van der Waals surface area (Å²) in [6.07, 6.45) is 0. The lowest BCUT2D eigenvalue weighted by Gasteiger charge is -2.13. The second-order valence-electron chi connectivity index (χ2n) is 1.39. The molecule has 0 rings (SSSR count). The van der Waals surface area contributed by atoms with Crippen molar-refractivity contribution in [2.45, 2.75) is 13.8 Å². The van der Waals surface area contributed by atoms with Crippen LogP contribution in [0.15, 0.2) is 0 Å². The maximum Gasteiger partial charge on any atom is 0.339 e. The minimum atomic E-state index is -2.38. The van der Waals surface area contributed by atoms with Gasteiger partial charge in [-0.2, -0.15) is 0 Å². The van der Waals surface area contributed by atoms with E-state index < -0.39 is 17.2 Å². The molecular formula is C4H12O5P2. The van der Waals surface area contributed by atoms with Gasteiger partial charge in [0.05, 0.1) is 13.2 Å². The normalized spacial score (nSPS) is 11.5. The van der Waals surface area contributed by atoms with Crippen LogP contribution in [0.1, 0.15) is 13.8 Å². The standard InChI is InChI=1S/C4H12O5P2/c1-3-7-11(8-4-2)9-10(5)6/h5-6H,3-4H2,1-2H3. The SMILES string of the molecule is CCOP(OCC)OP(O)O. The zero-order chi connectivity index (χ0) is 8.69. The highest BCUT2D eigenvalue weighted by molar-refractivity contribution is 7.54. The van der Waals surface area contributed by atoms with E-state index in [-0.39, 0.29) is 0 Å². The predicted octanol–water partition coefficient (Wildman–Crippen LogP) is 1.51. The fourth-order valence-electron chi connectivity index (χ4n) is 0.355. The van der Waals surface area contributed by atoms with Gasteiger partial charge in [-0.05, 0) is 13.8 Å². The maximum atomic E-state index is 8.43. The molecule has 0 radical (unpaired) electrons. The molecule has 68 valence electrons. The molecule has 0 heterocycles. The van der Waals surface area contributed by atoms with Gasteiger partial charge >= 0.3 is 17.2 Å². The van der Waals surface area contributed by atoms with Gasteiger partial charge in [0, 0.05) is 0 Å². The molecule has 0 unspecified atom stereocenters. The number of hydrogen-bond donors (Lipinski definition) is 2. The molecule has 0 spiro atoms.